The highest BCUT2D eigenvalue weighted by Crippen LogP contribution is 2.40. The molecule has 0 aliphatic carbocycles. The van der Waals surface area contributed by atoms with Crippen LogP contribution in [0.5, 0.6) is 0 Å². The van der Waals surface area contributed by atoms with E-state index in [1.54, 1.807) is 42.4 Å². The number of thioether (sulfide) groups is 1. The number of ether oxygens (including phenoxy) is 2. The summed E-state index contributed by atoms with van der Waals surface area (Å²) in [6.07, 6.45) is 7.42. The van der Waals surface area contributed by atoms with Crippen molar-refractivity contribution in [1.29, 1.82) is 0 Å². The molecule has 1 aromatic heterocycles. The predicted molar refractivity (Wildman–Crippen MR) is 212 cm³/mol. The van der Waals surface area contributed by atoms with Gasteiger partial charge in [-0.25, -0.2) is 9.97 Å². The Balaban J connectivity index is 1.00. The SMILES string of the molecule is Nc1ccccc1NC(=O)CCCCCCC(=O)NCc1cccc(-c2cccc([C@@H]3O[C@H](CSc4ncccn4)C[C@H](c4ccc(CO)cc4)O3)c2)c1. The Morgan fingerprint density at radius 1 is 0.759 bits per heavy atom. The lowest BCUT2D eigenvalue weighted by Gasteiger charge is -2.36. The Kier molecular flexibility index (Phi) is 14.2. The first kappa shape index (κ1) is 38.6. The molecule has 2 amide bonds. The maximum absolute atomic E-state index is 12.6. The van der Waals surface area contributed by atoms with Gasteiger partial charge < -0.3 is 30.9 Å². The molecule has 0 bridgehead atoms. The first-order valence-corrected chi connectivity index (χ1v) is 19.4. The van der Waals surface area contributed by atoms with Gasteiger partial charge >= 0.3 is 0 Å². The molecule has 4 aromatic carbocycles. The van der Waals surface area contributed by atoms with Crippen molar-refractivity contribution in [2.75, 3.05) is 16.8 Å². The third-order valence-electron chi connectivity index (χ3n) is 9.26. The summed E-state index contributed by atoms with van der Waals surface area (Å²) in [6, 6.07) is 33.3. The molecule has 1 fully saturated rings. The summed E-state index contributed by atoms with van der Waals surface area (Å²) in [5.74, 6) is 0.634. The van der Waals surface area contributed by atoms with Crippen LogP contribution in [0.2, 0.25) is 0 Å². The molecule has 1 saturated heterocycles. The van der Waals surface area contributed by atoms with Crippen molar-refractivity contribution in [1.82, 2.24) is 15.3 Å². The molecule has 0 radical (unpaired) electrons. The molecule has 54 heavy (non-hydrogen) atoms. The fraction of sp³-hybridized carbons (Fsp3) is 0.302. The Labute approximate surface area is 320 Å². The van der Waals surface area contributed by atoms with Gasteiger partial charge in [0.05, 0.1) is 30.2 Å². The molecule has 10 nitrogen and oxygen atoms in total. The number of para-hydroxylation sites is 2. The third kappa shape index (κ3) is 11.5. The van der Waals surface area contributed by atoms with Gasteiger partial charge in [-0.15, -0.1) is 0 Å². The number of hydrogen-bond acceptors (Lipinski definition) is 9. The second-order valence-corrected chi connectivity index (χ2v) is 14.3. The number of amides is 2. The third-order valence-corrected chi connectivity index (χ3v) is 10.3. The van der Waals surface area contributed by atoms with Crippen molar-refractivity contribution in [2.24, 2.45) is 0 Å². The average molecular weight is 746 g/mol. The highest BCUT2D eigenvalue weighted by Gasteiger charge is 2.32. The number of anilines is 2. The number of nitrogen functional groups attached to an aromatic ring is 1. The summed E-state index contributed by atoms with van der Waals surface area (Å²) in [7, 11) is 0. The zero-order chi connectivity index (χ0) is 37.5. The van der Waals surface area contributed by atoms with Crippen LogP contribution in [0.4, 0.5) is 11.4 Å². The number of nitrogens with two attached hydrogens (primary N) is 1. The van der Waals surface area contributed by atoms with Crippen LogP contribution in [0, 0.1) is 0 Å². The number of aliphatic hydroxyl groups is 1. The summed E-state index contributed by atoms with van der Waals surface area (Å²) in [6.45, 7) is 0.427. The van der Waals surface area contributed by atoms with Gasteiger partial charge in [-0.1, -0.05) is 97.4 Å². The number of benzene rings is 4. The summed E-state index contributed by atoms with van der Waals surface area (Å²) >= 11 is 1.56. The molecule has 0 unspecified atom stereocenters. The average Bonchev–Trinajstić information content (AvgIpc) is 3.22. The van der Waals surface area contributed by atoms with Crippen molar-refractivity contribution >= 4 is 35.0 Å². The van der Waals surface area contributed by atoms with Gasteiger partial charge in [-0.2, -0.15) is 0 Å². The molecule has 6 rings (SSSR count). The molecule has 0 spiro atoms. The van der Waals surface area contributed by atoms with Gasteiger partial charge in [0.2, 0.25) is 11.8 Å². The Hall–Kier alpha value is -5.07. The van der Waals surface area contributed by atoms with Gasteiger partial charge in [-0.05, 0) is 71.0 Å². The van der Waals surface area contributed by atoms with E-state index >= 15 is 0 Å². The second kappa shape index (κ2) is 19.8. The quantitative estimate of drug-likeness (QED) is 0.0320. The minimum absolute atomic E-state index is 0.00873. The highest BCUT2D eigenvalue weighted by atomic mass is 32.2. The largest absolute Gasteiger partial charge is 0.397 e. The van der Waals surface area contributed by atoms with Crippen molar-refractivity contribution < 1.29 is 24.2 Å². The maximum Gasteiger partial charge on any atom is 0.224 e. The molecular formula is C43H47N5O5S. The molecule has 5 N–H and O–H groups in total. The normalized spacial score (nSPS) is 16.8. The number of aromatic nitrogens is 2. The minimum Gasteiger partial charge on any atom is -0.397 e. The van der Waals surface area contributed by atoms with Crippen LogP contribution in [0.3, 0.4) is 0 Å². The van der Waals surface area contributed by atoms with Crippen LogP contribution in [0.1, 0.15) is 79.6 Å². The molecule has 280 valence electrons. The zero-order valence-corrected chi connectivity index (χ0v) is 31.0. The van der Waals surface area contributed by atoms with Crippen molar-refractivity contribution in [3.8, 4) is 11.1 Å². The Morgan fingerprint density at radius 3 is 2.24 bits per heavy atom. The number of carbonyl (C=O) groups excluding carboxylic acids is 2. The van der Waals surface area contributed by atoms with Crippen LogP contribution < -0.4 is 16.4 Å². The molecule has 1 aliphatic heterocycles. The fourth-order valence-corrected chi connectivity index (χ4v) is 7.13. The molecule has 3 atom stereocenters. The van der Waals surface area contributed by atoms with Gasteiger partial charge in [0.15, 0.2) is 11.4 Å². The van der Waals surface area contributed by atoms with E-state index in [1.165, 1.54) is 0 Å². The Morgan fingerprint density at radius 2 is 1.48 bits per heavy atom. The number of carbonyl (C=O) groups is 2. The number of rotatable bonds is 17. The van der Waals surface area contributed by atoms with E-state index in [9.17, 15) is 14.7 Å². The molecule has 0 saturated carbocycles. The van der Waals surface area contributed by atoms with Crippen LogP contribution >= 0.6 is 11.8 Å². The van der Waals surface area contributed by atoms with Crippen LogP contribution in [-0.4, -0.2) is 38.7 Å². The lowest BCUT2D eigenvalue weighted by Crippen LogP contribution is -2.31. The van der Waals surface area contributed by atoms with Crippen LogP contribution in [0.25, 0.3) is 11.1 Å². The summed E-state index contributed by atoms with van der Waals surface area (Å²) in [4.78, 5) is 33.6. The molecule has 2 heterocycles. The summed E-state index contributed by atoms with van der Waals surface area (Å²) in [5, 5.41) is 16.2. The number of nitrogens with one attached hydrogen (secondary N) is 2. The maximum atomic E-state index is 12.6. The first-order valence-electron chi connectivity index (χ1n) is 18.4. The fourth-order valence-electron chi connectivity index (χ4n) is 6.31. The lowest BCUT2D eigenvalue weighted by molar-refractivity contribution is -0.245. The summed E-state index contributed by atoms with van der Waals surface area (Å²) < 4.78 is 13.1. The van der Waals surface area contributed by atoms with Crippen LogP contribution in [-0.2, 0) is 32.2 Å². The molecule has 5 aromatic rings. The second-order valence-electron chi connectivity index (χ2n) is 13.3. The van der Waals surface area contributed by atoms with Gasteiger partial charge in [0, 0.05) is 49.5 Å². The van der Waals surface area contributed by atoms with E-state index in [2.05, 4.69) is 44.9 Å². The minimum atomic E-state index is -0.586. The highest BCUT2D eigenvalue weighted by molar-refractivity contribution is 7.99. The number of nitrogens with zero attached hydrogens (tertiary/aromatic N) is 2. The molecular weight excluding hydrogens is 699 g/mol. The monoisotopic (exact) mass is 745 g/mol. The Bertz CT molecular complexity index is 1960. The zero-order valence-electron chi connectivity index (χ0n) is 30.2. The predicted octanol–water partition coefficient (Wildman–Crippen LogP) is 8.15. The van der Waals surface area contributed by atoms with E-state index in [-0.39, 0.29) is 30.6 Å². The van der Waals surface area contributed by atoms with E-state index in [0.717, 1.165) is 59.1 Å². The number of unbranched alkanes of at least 4 members (excludes halogenated alkanes) is 3. The molecule has 11 heteroatoms. The first-order chi connectivity index (χ1) is 26.4. The standard InChI is InChI=1S/C43H47N5O5S/c44-37-14-5-6-15-38(37)48-41(51)17-4-2-1-3-16-40(50)47-27-31-10-7-11-33(24-31)34-12-8-13-35(25-34)42-52-36(29-54-43-45-22-9-23-46-43)26-39(53-42)32-20-18-30(28-49)19-21-32/h5-15,18-25,36,39,42,49H,1-4,16-17,26-29,44H2,(H,47,50)(H,48,51)/t36-,39+,42+/m0/s1. The van der Waals surface area contributed by atoms with E-state index in [0.29, 0.717) is 48.1 Å². The van der Waals surface area contributed by atoms with Crippen LogP contribution in [0.15, 0.2) is 121 Å². The summed E-state index contributed by atoms with van der Waals surface area (Å²) in [5.41, 5.74) is 12.9. The smallest absolute Gasteiger partial charge is 0.224 e. The van der Waals surface area contributed by atoms with Crippen molar-refractivity contribution in [2.45, 2.75) is 81.8 Å². The number of hydrogen-bond donors (Lipinski definition) is 4. The molecule has 1 aliphatic rings. The number of aliphatic hydroxyl groups excluding tert-OH is 1. The van der Waals surface area contributed by atoms with E-state index < -0.39 is 6.29 Å². The van der Waals surface area contributed by atoms with Crippen molar-refractivity contribution in [3.63, 3.8) is 0 Å². The van der Waals surface area contributed by atoms with Gasteiger partial charge in [0.1, 0.15) is 0 Å². The van der Waals surface area contributed by atoms with Gasteiger partial charge in [0.25, 0.3) is 0 Å². The van der Waals surface area contributed by atoms with Crippen molar-refractivity contribution in [3.05, 3.63) is 138 Å². The van der Waals surface area contributed by atoms with E-state index in [4.69, 9.17) is 15.2 Å². The van der Waals surface area contributed by atoms with Gasteiger partial charge in [-0.3, -0.25) is 9.59 Å². The van der Waals surface area contributed by atoms with E-state index in [1.807, 2.05) is 60.7 Å². The lowest BCUT2D eigenvalue weighted by atomic mass is 9.99. The topological polar surface area (TPSA) is 149 Å².